The fourth-order valence-corrected chi connectivity index (χ4v) is 2.56. The maximum Gasteiger partial charge on any atom is 0.488 e. The van der Waals surface area contributed by atoms with Gasteiger partial charge in [0.2, 0.25) is 0 Å². The van der Waals surface area contributed by atoms with Crippen LogP contribution >= 0.6 is 0 Å². The van der Waals surface area contributed by atoms with Gasteiger partial charge in [0, 0.05) is 40.8 Å². The molecule has 2 N–H and O–H groups in total. The lowest BCUT2D eigenvalue weighted by atomic mass is 9.80. The fraction of sp³-hybridized carbons (Fsp3) is 0.143. The van der Waals surface area contributed by atoms with Gasteiger partial charge in [-0.3, -0.25) is 0 Å². The van der Waals surface area contributed by atoms with Crippen molar-refractivity contribution >= 4 is 18.3 Å². The van der Waals surface area contributed by atoms with Crippen LogP contribution in [0.25, 0.3) is 0 Å². The first-order chi connectivity index (χ1) is 13.4. The van der Waals surface area contributed by atoms with E-state index in [2.05, 4.69) is 0 Å². The summed E-state index contributed by atoms with van der Waals surface area (Å²) in [6, 6.07) is 19.5. The highest BCUT2D eigenvalue weighted by molar-refractivity contribution is 6.58. The van der Waals surface area contributed by atoms with Gasteiger partial charge in [0.05, 0.1) is 7.11 Å². The van der Waals surface area contributed by atoms with Crippen LogP contribution < -0.4 is 24.6 Å². The van der Waals surface area contributed by atoms with Gasteiger partial charge in [-0.15, -0.1) is 0 Å². The fourth-order valence-electron chi connectivity index (χ4n) is 2.56. The van der Waals surface area contributed by atoms with Gasteiger partial charge in [0.1, 0.15) is 28.7 Å². The van der Waals surface area contributed by atoms with E-state index in [1.165, 1.54) is 0 Å². The molecule has 0 aliphatic carbocycles. The topological polar surface area (TPSA) is 71.4 Å². The highest BCUT2D eigenvalue weighted by Crippen LogP contribution is 2.33. The molecule has 0 unspecified atom stereocenters. The van der Waals surface area contributed by atoms with Crippen LogP contribution in [0, 0.1) is 0 Å². The first kappa shape index (κ1) is 19.6. The van der Waals surface area contributed by atoms with E-state index in [0.29, 0.717) is 28.5 Å². The molecule has 148 valence electrons. The van der Waals surface area contributed by atoms with E-state index < -0.39 is 7.12 Å². The zero-order valence-corrected chi connectivity index (χ0v) is 16.0. The summed E-state index contributed by atoms with van der Waals surface area (Å²) >= 11 is 0. The molecule has 0 atom stereocenters. The Kier molecular flexibility index (Phi) is 6.08. The molecule has 0 spiro atoms. The minimum atomic E-state index is -1.50. The molecule has 7 heteroatoms. The zero-order valence-electron chi connectivity index (χ0n) is 16.0. The van der Waals surface area contributed by atoms with Crippen molar-refractivity contribution in [2.24, 2.45) is 0 Å². The number of benzene rings is 3. The zero-order chi connectivity index (χ0) is 20.1. The summed E-state index contributed by atoms with van der Waals surface area (Å²) in [7, 11) is 3.99. The lowest BCUT2D eigenvalue weighted by molar-refractivity contribution is 0.412. The molecule has 0 heterocycles. The van der Waals surface area contributed by atoms with Crippen LogP contribution in [0.4, 0.5) is 5.69 Å². The first-order valence-corrected chi connectivity index (χ1v) is 8.73. The molecule has 0 aliphatic heterocycles. The number of hydrogen-bond donors (Lipinski definition) is 2. The minimum absolute atomic E-state index is 0. The molecule has 3 aromatic rings. The smallest absolute Gasteiger partial charge is 0.488 e. The van der Waals surface area contributed by atoms with Crippen molar-refractivity contribution in [3.63, 3.8) is 0 Å². The van der Waals surface area contributed by atoms with Gasteiger partial charge in [-0.25, -0.2) is 0 Å². The maximum absolute atomic E-state index is 9.20. The Bertz CT molecular complexity index is 922. The van der Waals surface area contributed by atoms with Crippen molar-refractivity contribution in [2.45, 2.75) is 0 Å². The van der Waals surface area contributed by atoms with Crippen molar-refractivity contribution in [1.82, 2.24) is 0 Å². The third kappa shape index (κ3) is 4.97. The number of rotatable bonds is 7. The van der Waals surface area contributed by atoms with E-state index in [0.717, 1.165) is 11.4 Å². The number of methoxy groups -OCH3 is 1. The van der Waals surface area contributed by atoms with Crippen molar-refractivity contribution in [3.8, 4) is 28.7 Å². The van der Waals surface area contributed by atoms with Gasteiger partial charge in [-0.1, -0.05) is 12.1 Å². The van der Waals surface area contributed by atoms with Gasteiger partial charge in [0.15, 0.2) is 0 Å². The van der Waals surface area contributed by atoms with E-state index in [1.54, 1.807) is 37.4 Å². The Labute approximate surface area is 167 Å². The van der Waals surface area contributed by atoms with E-state index >= 15 is 0 Å². The maximum atomic E-state index is 9.20. The first-order valence-electron chi connectivity index (χ1n) is 8.73. The normalized spacial score (nSPS) is 10.3. The molecule has 6 nitrogen and oxygen atoms in total. The number of nitrogens with zero attached hydrogens (tertiary/aromatic N) is 1. The monoisotopic (exact) mass is 383 g/mol. The Morgan fingerprint density at radius 1 is 0.714 bits per heavy atom. The lowest BCUT2D eigenvalue weighted by Gasteiger charge is -2.17. The Hall–Kier alpha value is -3.16. The summed E-state index contributed by atoms with van der Waals surface area (Å²) in [4.78, 5) is 1.96. The predicted molar refractivity (Wildman–Crippen MR) is 114 cm³/mol. The minimum Gasteiger partial charge on any atom is -0.497 e. The molecule has 3 aromatic carbocycles. The molecule has 0 amide bonds. The van der Waals surface area contributed by atoms with E-state index in [1.807, 2.05) is 55.4 Å². The summed E-state index contributed by atoms with van der Waals surface area (Å²) in [6.45, 7) is 0. The summed E-state index contributed by atoms with van der Waals surface area (Å²) in [6.07, 6.45) is 0. The van der Waals surface area contributed by atoms with Crippen LogP contribution in [0.2, 0.25) is 0 Å². The Morgan fingerprint density at radius 3 is 1.61 bits per heavy atom. The predicted octanol–water partition coefficient (Wildman–Crippen LogP) is 3.52. The molecule has 0 aliphatic rings. The largest absolute Gasteiger partial charge is 0.497 e. The SMILES string of the molecule is COc1ccc(Oc2cc(Oc3ccc(B(O)O)cc3)cc(N(C)C)c2)cc1.[HH].[HH]. The van der Waals surface area contributed by atoms with Crippen LogP contribution in [-0.2, 0) is 0 Å². The van der Waals surface area contributed by atoms with Gasteiger partial charge < -0.3 is 29.2 Å². The molecule has 0 saturated carbocycles. The van der Waals surface area contributed by atoms with Crippen LogP contribution in [-0.4, -0.2) is 38.4 Å². The molecule has 0 fully saturated rings. The highest BCUT2D eigenvalue weighted by atomic mass is 16.5. The highest BCUT2D eigenvalue weighted by Gasteiger charge is 2.11. The molecule has 0 aromatic heterocycles. The van der Waals surface area contributed by atoms with Crippen molar-refractivity contribution in [2.75, 3.05) is 26.1 Å². The summed E-state index contributed by atoms with van der Waals surface area (Å²) in [5.74, 6) is 3.26. The summed E-state index contributed by atoms with van der Waals surface area (Å²) in [5.41, 5.74) is 1.32. The summed E-state index contributed by atoms with van der Waals surface area (Å²) < 4.78 is 17.1. The molecule has 3 rings (SSSR count). The molecule has 0 bridgehead atoms. The van der Waals surface area contributed by atoms with Crippen LogP contribution in [0.15, 0.2) is 66.7 Å². The molecule has 28 heavy (non-hydrogen) atoms. The van der Waals surface area contributed by atoms with Gasteiger partial charge in [0.25, 0.3) is 0 Å². The molecule has 0 radical (unpaired) electrons. The average Bonchev–Trinajstić information content (AvgIpc) is 2.69. The Balaban J connectivity index is 0.00000225. The molecule has 0 saturated heterocycles. The van der Waals surface area contributed by atoms with Crippen LogP contribution in [0.5, 0.6) is 28.7 Å². The standard InChI is InChI=1S/C21H22BNO5.2H2/c1-23(2)16-12-20(27-18-6-4-15(5-7-18)22(24)25)14-21(13-16)28-19-10-8-17(26-3)9-11-19;;/h4-14,24-25H,1-3H3;2*1H. The lowest BCUT2D eigenvalue weighted by Crippen LogP contribution is -2.29. The second kappa shape index (κ2) is 8.69. The average molecular weight is 383 g/mol. The quantitative estimate of drug-likeness (QED) is 0.609. The van der Waals surface area contributed by atoms with E-state index in [9.17, 15) is 10.0 Å². The second-order valence-electron chi connectivity index (χ2n) is 6.38. The van der Waals surface area contributed by atoms with Crippen molar-refractivity contribution in [1.29, 1.82) is 0 Å². The number of hydrogen-bond acceptors (Lipinski definition) is 6. The van der Waals surface area contributed by atoms with Crippen molar-refractivity contribution in [3.05, 3.63) is 66.7 Å². The van der Waals surface area contributed by atoms with Crippen LogP contribution in [0.1, 0.15) is 2.85 Å². The Morgan fingerprint density at radius 2 is 1.18 bits per heavy atom. The number of ether oxygens (including phenoxy) is 3. The third-order valence-corrected chi connectivity index (χ3v) is 4.09. The third-order valence-electron chi connectivity index (χ3n) is 4.09. The van der Waals surface area contributed by atoms with Gasteiger partial charge >= 0.3 is 7.12 Å². The molecular formula is C21H26BNO5. The van der Waals surface area contributed by atoms with E-state index in [-0.39, 0.29) is 2.85 Å². The summed E-state index contributed by atoms with van der Waals surface area (Å²) in [5, 5.41) is 18.4. The van der Waals surface area contributed by atoms with E-state index in [4.69, 9.17) is 14.2 Å². The van der Waals surface area contributed by atoms with Crippen LogP contribution in [0.3, 0.4) is 0 Å². The van der Waals surface area contributed by atoms with Gasteiger partial charge in [-0.2, -0.15) is 0 Å². The number of anilines is 1. The van der Waals surface area contributed by atoms with Crippen molar-refractivity contribution < 1.29 is 27.1 Å². The van der Waals surface area contributed by atoms with Gasteiger partial charge in [-0.05, 0) is 41.9 Å². The second-order valence-corrected chi connectivity index (χ2v) is 6.38. The molecular weight excluding hydrogens is 357 g/mol.